The maximum Gasteiger partial charge on any atom is 0.241 e. The molecule has 3 N–H and O–H groups in total. The molecule has 0 aliphatic carbocycles. The van der Waals surface area contributed by atoms with Crippen molar-refractivity contribution in [3.05, 3.63) is 24.3 Å². The first-order chi connectivity index (χ1) is 10.1. The summed E-state index contributed by atoms with van der Waals surface area (Å²) in [7, 11) is 0. The van der Waals surface area contributed by atoms with Crippen LogP contribution in [0.3, 0.4) is 0 Å². The number of amides is 1. The molecule has 1 aromatic rings. The molecule has 0 radical (unpaired) electrons. The summed E-state index contributed by atoms with van der Waals surface area (Å²) in [5, 5.41) is 2.90. The van der Waals surface area contributed by atoms with E-state index in [-0.39, 0.29) is 11.8 Å². The molecule has 1 fully saturated rings. The average Bonchev–Trinajstić information content (AvgIpc) is 2.54. The second-order valence-electron chi connectivity index (χ2n) is 6.00. The Morgan fingerprint density at radius 1 is 1.24 bits per heavy atom. The zero-order chi connectivity index (χ0) is 15.2. The van der Waals surface area contributed by atoms with E-state index < -0.39 is 6.04 Å². The first-order valence-electron chi connectivity index (χ1n) is 8.03. The van der Waals surface area contributed by atoms with E-state index in [1.165, 1.54) is 24.9 Å². The van der Waals surface area contributed by atoms with Crippen molar-refractivity contribution in [3.8, 4) is 0 Å². The summed E-state index contributed by atoms with van der Waals surface area (Å²) in [5.74, 6) is 0.0905. The SMILES string of the molecule is CCC(C)[C@H](N)C(=O)Nc1ccc(N2CCCCC2)cc1. The van der Waals surface area contributed by atoms with Crippen LogP contribution in [0.1, 0.15) is 39.5 Å². The van der Waals surface area contributed by atoms with E-state index in [1.807, 2.05) is 26.0 Å². The third-order valence-electron chi connectivity index (χ3n) is 4.42. The van der Waals surface area contributed by atoms with Gasteiger partial charge in [-0.2, -0.15) is 0 Å². The third-order valence-corrected chi connectivity index (χ3v) is 4.42. The third kappa shape index (κ3) is 4.21. The van der Waals surface area contributed by atoms with Crippen LogP contribution in [-0.4, -0.2) is 25.0 Å². The monoisotopic (exact) mass is 289 g/mol. The Hall–Kier alpha value is -1.55. The standard InChI is InChI=1S/C17H27N3O/c1-3-13(2)16(18)17(21)19-14-7-9-15(10-8-14)20-11-5-4-6-12-20/h7-10,13,16H,3-6,11-12,18H2,1-2H3,(H,19,21)/t13?,16-/m0/s1. The van der Waals surface area contributed by atoms with E-state index in [4.69, 9.17) is 5.73 Å². The number of nitrogens with two attached hydrogens (primary N) is 1. The normalized spacial score (nSPS) is 18.1. The topological polar surface area (TPSA) is 58.4 Å². The summed E-state index contributed by atoms with van der Waals surface area (Å²) >= 11 is 0. The minimum absolute atomic E-state index is 0.102. The van der Waals surface area contributed by atoms with Crippen molar-refractivity contribution in [1.29, 1.82) is 0 Å². The van der Waals surface area contributed by atoms with Crippen molar-refractivity contribution in [2.24, 2.45) is 11.7 Å². The van der Waals surface area contributed by atoms with Crippen molar-refractivity contribution < 1.29 is 4.79 Å². The lowest BCUT2D eigenvalue weighted by atomic mass is 9.99. The van der Waals surface area contributed by atoms with E-state index in [1.54, 1.807) is 0 Å². The van der Waals surface area contributed by atoms with Crippen LogP contribution in [0.4, 0.5) is 11.4 Å². The van der Waals surface area contributed by atoms with Gasteiger partial charge in [0.15, 0.2) is 0 Å². The fourth-order valence-electron chi connectivity index (χ4n) is 2.65. The van der Waals surface area contributed by atoms with Crippen molar-refractivity contribution in [3.63, 3.8) is 0 Å². The number of carbonyl (C=O) groups excluding carboxylic acids is 1. The van der Waals surface area contributed by atoms with Crippen LogP contribution in [0.2, 0.25) is 0 Å². The molecule has 0 saturated carbocycles. The van der Waals surface area contributed by atoms with Gasteiger partial charge >= 0.3 is 0 Å². The molecule has 1 amide bonds. The molecule has 1 aliphatic heterocycles. The van der Waals surface area contributed by atoms with Gasteiger partial charge < -0.3 is 16.0 Å². The van der Waals surface area contributed by atoms with Gasteiger partial charge in [-0.15, -0.1) is 0 Å². The highest BCUT2D eigenvalue weighted by molar-refractivity contribution is 5.95. The Morgan fingerprint density at radius 3 is 2.43 bits per heavy atom. The van der Waals surface area contributed by atoms with Gasteiger partial charge in [-0.1, -0.05) is 20.3 Å². The van der Waals surface area contributed by atoms with Gasteiger partial charge in [0.2, 0.25) is 5.91 Å². The molecule has 1 saturated heterocycles. The molecule has 0 bridgehead atoms. The Bertz CT molecular complexity index is 452. The van der Waals surface area contributed by atoms with Crippen LogP contribution < -0.4 is 16.0 Å². The lowest BCUT2D eigenvalue weighted by Gasteiger charge is -2.29. The van der Waals surface area contributed by atoms with Gasteiger partial charge in [-0.05, 0) is 49.4 Å². The summed E-state index contributed by atoms with van der Waals surface area (Å²) in [6, 6.07) is 7.64. The molecule has 116 valence electrons. The second-order valence-corrected chi connectivity index (χ2v) is 6.00. The number of carbonyl (C=O) groups is 1. The van der Waals surface area contributed by atoms with E-state index in [0.717, 1.165) is 25.2 Å². The molecule has 4 nitrogen and oxygen atoms in total. The molecule has 2 rings (SSSR count). The summed E-state index contributed by atoms with van der Waals surface area (Å²) in [6.45, 7) is 6.31. The highest BCUT2D eigenvalue weighted by atomic mass is 16.2. The number of nitrogens with zero attached hydrogens (tertiary/aromatic N) is 1. The molecule has 0 spiro atoms. The van der Waals surface area contributed by atoms with E-state index in [2.05, 4.69) is 22.3 Å². The number of hydrogen-bond donors (Lipinski definition) is 2. The van der Waals surface area contributed by atoms with E-state index in [9.17, 15) is 4.79 Å². The number of rotatable bonds is 5. The Balaban J connectivity index is 1.94. The molecule has 0 aromatic heterocycles. The van der Waals surface area contributed by atoms with Crippen LogP contribution >= 0.6 is 0 Å². The van der Waals surface area contributed by atoms with Crippen LogP contribution in [-0.2, 0) is 4.79 Å². The number of anilines is 2. The van der Waals surface area contributed by atoms with E-state index >= 15 is 0 Å². The summed E-state index contributed by atoms with van der Waals surface area (Å²) in [4.78, 5) is 14.5. The summed E-state index contributed by atoms with van der Waals surface area (Å²) in [5.41, 5.74) is 8.00. The molecule has 1 aliphatic rings. The molecular weight excluding hydrogens is 262 g/mol. The van der Waals surface area contributed by atoms with Gasteiger partial charge in [0.05, 0.1) is 6.04 Å². The van der Waals surface area contributed by atoms with Gasteiger partial charge in [0, 0.05) is 24.5 Å². The average molecular weight is 289 g/mol. The van der Waals surface area contributed by atoms with Crippen LogP contribution in [0, 0.1) is 5.92 Å². The zero-order valence-electron chi connectivity index (χ0n) is 13.1. The largest absolute Gasteiger partial charge is 0.372 e. The van der Waals surface area contributed by atoms with Crippen molar-refractivity contribution in [2.75, 3.05) is 23.3 Å². The van der Waals surface area contributed by atoms with Gasteiger partial charge in [-0.3, -0.25) is 4.79 Å². The highest BCUT2D eigenvalue weighted by Gasteiger charge is 2.19. The predicted molar refractivity (Wildman–Crippen MR) is 88.6 cm³/mol. The fourth-order valence-corrected chi connectivity index (χ4v) is 2.65. The Labute approximate surface area is 127 Å². The number of benzene rings is 1. The molecule has 1 aromatic carbocycles. The summed E-state index contributed by atoms with van der Waals surface area (Å²) < 4.78 is 0. The second kappa shape index (κ2) is 7.46. The highest BCUT2D eigenvalue weighted by Crippen LogP contribution is 2.22. The lowest BCUT2D eigenvalue weighted by Crippen LogP contribution is -2.40. The smallest absolute Gasteiger partial charge is 0.241 e. The maximum absolute atomic E-state index is 12.1. The molecular formula is C17H27N3O. The number of hydrogen-bond acceptors (Lipinski definition) is 3. The van der Waals surface area contributed by atoms with Crippen molar-refractivity contribution in [2.45, 2.75) is 45.6 Å². The predicted octanol–water partition coefficient (Wildman–Crippen LogP) is 2.99. The molecule has 1 unspecified atom stereocenters. The minimum Gasteiger partial charge on any atom is -0.372 e. The Kier molecular flexibility index (Phi) is 5.62. The summed E-state index contributed by atoms with van der Waals surface area (Å²) in [6.07, 6.45) is 4.77. The fraction of sp³-hybridized carbons (Fsp3) is 0.588. The molecule has 21 heavy (non-hydrogen) atoms. The molecule has 4 heteroatoms. The van der Waals surface area contributed by atoms with Crippen LogP contribution in [0.5, 0.6) is 0 Å². The first-order valence-corrected chi connectivity index (χ1v) is 8.03. The van der Waals surface area contributed by atoms with E-state index in [0.29, 0.717) is 0 Å². The van der Waals surface area contributed by atoms with Crippen molar-refractivity contribution >= 4 is 17.3 Å². The number of nitrogens with one attached hydrogen (secondary N) is 1. The van der Waals surface area contributed by atoms with Gasteiger partial charge in [0.25, 0.3) is 0 Å². The van der Waals surface area contributed by atoms with Crippen LogP contribution in [0.25, 0.3) is 0 Å². The first kappa shape index (κ1) is 15.8. The van der Waals surface area contributed by atoms with Crippen LogP contribution in [0.15, 0.2) is 24.3 Å². The quantitative estimate of drug-likeness (QED) is 0.876. The minimum atomic E-state index is -0.447. The molecule has 2 atom stereocenters. The lowest BCUT2D eigenvalue weighted by molar-refractivity contribution is -0.118. The van der Waals surface area contributed by atoms with Gasteiger partial charge in [0.1, 0.15) is 0 Å². The maximum atomic E-state index is 12.1. The zero-order valence-corrected chi connectivity index (χ0v) is 13.1. The van der Waals surface area contributed by atoms with Crippen molar-refractivity contribution in [1.82, 2.24) is 0 Å². The Morgan fingerprint density at radius 2 is 1.86 bits per heavy atom. The molecule has 1 heterocycles. The number of piperidine rings is 1. The van der Waals surface area contributed by atoms with Gasteiger partial charge in [-0.25, -0.2) is 0 Å².